The number of aliphatic hydroxyl groups excluding tert-OH is 1. The van der Waals surface area contributed by atoms with Gasteiger partial charge >= 0.3 is 0 Å². The zero-order chi connectivity index (χ0) is 12.0. The molecule has 0 radical (unpaired) electrons. The molecule has 1 aromatic heterocycles. The number of pyridine rings is 1. The van der Waals surface area contributed by atoms with Gasteiger partial charge in [0.25, 0.3) is 5.91 Å². The summed E-state index contributed by atoms with van der Waals surface area (Å²) in [6.45, 7) is 2.15. The van der Waals surface area contributed by atoms with Crippen LogP contribution in [0.3, 0.4) is 0 Å². The van der Waals surface area contributed by atoms with Gasteiger partial charge < -0.3 is 16.2 Å². The molecule has 0 saturated carbocycles. The quantitative estimate of drug-likeness (QED) is 0.657. The number of nitrogens with one attached hydrogen (secondary N) is 1. The Morgan fingerprint density at radius 3 is 3.00 bits per heavy atom. The van der Waals surface area contributed by atoms with Crippen LogP contribution in [0, 0.1) is 0 Å². The summed E-state index contributed by atoms with van der Waals surface area (Å²) in [4.78, 5) is 15.8. The number of hydrogen-bond donors (Lipinski definition) is 3. The molecule has 0 aliphatic rings. The smallest absolute Gasteiger partial charge is 0.251 e. The number of hydrogen-bond acceptors (Lipinski definition) is 4. The van der Waals surface area contributed by atoms with Gasteiger partial charge in [-0.05, 0) is 18.6 Å². The summed E-state index contributed by atoms with van der Waals surface area (Å²) in [6, 6.07) is 3.07. The van der Waals surface area contributed by atoms with Crippen molar-refractivity contribution >= 4 is 5.91 Å². The van der Waals surface area contributed by atoms with Gasteiger partial charge in [0.05, 0.1) is 18.3 Å². The number of carbonyl (C=O) groups excluding carboxylic acids is 1. The zero-order valence-electron chi connectivity index (χ0n) is 9.31. The Bertz CT molecular complexity index is 351. The second-order valence-electron chi connectivity index (χ2n) is 3.50. The van der Waals surface area contributed by atoms with Gasteiger partial charge in [-0.15, -0.1) is 0 Å². The molecule has 5 nitrogen and oxygen atoms in total. The van der Waals surface area contributed by atoms with Crippen LogP contribution in [-0.4, -0.2) is 28.6 Å². The van der Waals surface area contributed by atoms with E-state index in [0.29, 0.717) is 24.2 Å². The third kappa shape index (κ3) is 3.29. The van der Waals surface area contributed by atoms with Crippen molar-refractivity contribution in [3.05, 3.63) is 29.6 Å². The molecule has 0 aliphatic heterocycles. The highest BCUT2D eigenvalue weighted by molar-refractivity contribution is 5.94. The maximum absolute atomic E-state index is 11.8. The summed E-state index contributed by atoms with van der Waals surface area (Å²) in [5, 5.41) is 11.7. The molecular formula is C11H17N3O2. The lowest BCUT2D eigenvalue weighted by Crippen LogP contribution is -2.37. The molecule has 1 atom stereocenters. The second kappa shape index (κ2) is 6.19. The fraction of sp³-hybridized carbons (Fsp3) is 0.455. The summed E-state index contributed by atoms with van der Waals surface area (Å²) < 4.78 is 0. The number of rotatable bonds is 5. The van der Waals surface area contributed by atoms with Crippen LogP contribution in [0.15, 0.2) is 18.3 Å². The van der Waals surface area contributed by atoms with Gasteiger partial charge in [0, 0.05) is 18.3 Å². The van der Waals surface area contributed by atoms with Gasteiger partial charge in [-0.2, -0.15) is 0 Å². The molecule has 1 rings (SSSR count). The molecule has 1 amide bonds. The molecule has 1 heterocycles. The molecule has 88 valence electrons. The minimum Gasteiger partial charge on any atom is -0.394 e. The van der Waals surface area contributed by atoms with Crippen LogP contribution in [0.5, 0.6) is 0 Å². The molecule has 5 heteroatoms. The lowest BCUT2D eigenvalue weighted by atomic mass is 10.2. The number of amides is 1. The first-order valence-electron chi connectivity index (χ1n) is 5.28. The Hall–Kier alpha value is -1.46. The Kier molecular flexibility index (Phi) is 4.88. The van der Waals surface area contributed by atoms with E-state index in [4.69, 9.17) is 10.8 Å². The van der Waals surface area contributed by atoms with Crippen molar-refractivity contribution in [3.63, 3.8) is 0 Å². The predicted octanol–water partition coefficient (Wildman–Crippen LogP) is 0.0410. The molecule has 1 aromatic rings. The van der Waals surface area contributed by atoms with Crippen molar-refractivity contribution in [3.8, 4) is 0 Å². The normalized spacial score (nSPS) is 12.2. The topological polar surface area (TPSA) is 88.2 Å². The van der Waals surface area contributed by atoms with E-state index in [0.717, 1.165) is 0 Å². The largest absolute Gasteiger partial charge is 0.394 e. The summed E-state index contributed by atoms with van der Waals surface area (Å²) in [5.41, 5.74) is 6.63. The molecule has 0 spiro atoms. The third-order valence-corrected chi connectivity index (χ3v) is 2.34. The first-order valence-corrected chi connectivity index (χ1v) is 5.28. The molecule has 0 saturated heterocycles. The average molecular weight is 223 g/mol. The van der Waals surface area contributed by atoms with E-state index >= 15 is 0 Å². The van der Waals surface area contributed by atoms with Crippen molar-refractivity contribution < 1.29 is 9.90 Å². The van der Waals surface area contributed by atoms with Gasteiger partial charge in [0.15, 0.2) is 0 Å². The highest BCUT2D eigenvalue weighted by atomic mass is 16.3. The number of nitrogens with zero attached hydrogens (tertiary/aromatic N) is 1. The summed E-state index contributed by atoms with van der Waals surface area (Å²) >= 11 is 0. The van der Waals surface area contributed by atoms with E-state index in [1.54, 1.807) is 18.3 Å². The second-order valence-corrected chi connectivity index (χ2v) is 3.50. The fourth-order valence-corrected chi connectivity index (χ4v) is 1.28. The molecule has 4 N–H and O–H groups in total. The lowest BCUT2D eigenvalue weighted by Gasteiger charge is -2.14. The number of aliphatic hydroxyl groups is 1. The van der Waals surface area contributed by atoms with Crippen LogP contribution < -0.4 is 11.1 Å². The van der Waals surface area contributed by atoms with Crippen molar-refractivity contribution in [2.45, 2.75) is 25.9 Å². The van der Waals surface area contributed by atoms with Crippen molar-refractivity contribution in [1.82, 2.24) is 10.3 Å². The Morgan fingerprint density at radius 1 is 1.69 bits per heavy atom. The van der Waals surface area contributed by atoms with Gasteiger partial charge in [-0.3, -0.25) is 9.78 Å². The first kappa shape index (κ1) is 12.6. The van der Waals surface area contributed by atoms with Crippen LogP contribution in [-0.2, 0) is 6.54 Å². The van der Waals surface area contributed by atoms with E-state index in [1.807, 2.05) is 6.92 Å². The van der Waals surface area contributed by atoms with Crippen molar-refractivity contribution in [2.24, 2.45) is 5.73 Å². The Labute approximate surface area is 94.7 Å². The van der Waals surface area contributed by atoms with Gasteiger partial charge in [0.2, 0.25) is 0 Å². The fourth-order valence-electron chi connectivity index (χ4n) is 1.28. The van der Waals surface area contributed by atoms with Crippen LogP contribution in [0.4, 0.5) is 0 Å². The number of aromatic nitrogens is 1. The Morgan fingerprint density at radius 2 is 2.44 bits per heavy atom. The van der Waals surface area contributed by atoms with Gasteiger partial charge in [-0.25, -0.2) is 0 Å². The number of carbonyl (C=O) groups is 1. The van der Waals surface area contributed by atoms with Crippen LogP contribution in [0.2, 0.25) is 0 Å². The van der Waals surface area contributed by atoms with Crippen LogP contribution >= 0.6 is 0 Å². The van der Waals surface area contributed by atoms with Crippen LogP contribution in [0.25, 0.3) is 0 Å². The van der Waals surface area contributed by atoms with Gasteiger partial charge in [-0.1, -0.05) is 6.92 Å². The molecular weight excluding hydrogens is 206 g/mol. The summed E-state index contributed by atoms with van der Waals surface area (Å²) in [7, 11) is 0. The third-order valence-electron chi connectivity index (χ3n) is 2.34. The van der Waals surface area contributed by atoms with E-state index in [1.165, 1.54) is 0 Å². The zero-order valence-corrected chi connectivity index (χ0v) is 9.31. The maximum Gasteiger partial charge on any atom is 0.251 e. The summed E-state index contributed by atoms with van der Waals surface area (Å²) in [6.07, 6.45) is 2.24. The molecule has 16 heavy (non-hydrogen) atoms. The van der Waals surface area contributed by atoms with Crippen molar-refractivity contribution in [2.75, 3.05) is 6.61 Å². The highest BCUT2D eigenvalue weighted by Crippen LogP contribution is 2.02. The van der Waals surface area contributed by atoms with E-state index < -0.39 is 0 Å². The monoisotopic (exact) mass is 223 g/mol. The van der Waals surface area contributed by atoms with E-state index in [2.05, 4.69) is 10.3 Å². The standard InChI is InChI=1S/C11H17N3O2/c1-2-9(7-15)14-11(16)8-3-4-13-10(5-8)6-12/h3-5,9,15H,2,6-7,12H2,1H3,(H,14,16)/t9-/m1/s1. The minimum absolute atomic E-state index is 0.0585. The maximum atomic E-state index is 11.8. The van der Waals surface area contributed by atoms with Crippen molar-refractivity contribution in [1.29, 1.82) is 0 Å². The molecule has 0 aromatic carbocycles. The Balaban J connectivity index is 2.72. The molecule has 0 aliphatic carbocycles. The molecule has 0 fully saturated rings. The van der Waals surface area contributed by atoms with E-state index in [9.17, 15) is 4.79 Å². The molecule has 0 unspecified atom stereocenters. The average Bonchev–Trinajstić information content (AvgIpc) is 2.35. The lowest BCUT2D eigenvalue weighted by molar-refractivity contribution is 0.0914. The van der Waals surface area contributed by atoms with Crippen LogP contribution in [0.1, 0.15) is 29.4 Å². The predicted molar refractivity (Wildman–Crippen MR) is 60.8 cm³/mol. The highest BCUT2D eigenvalue weighted by Gasteiger charge is 2.11. The molecule has 0 bridgehead atoms. The van der Waals surface area contributed by atoms with E-state index in [-0.39, 0.29) is 18.6 Å². The minimum atomic E-state index is -0.210. The first-order chi connectivity index (χ1) is 7.71. The van der Waals surface area contributed by atoms with Gasteiger partial charge in [0.1, 0.15) is 0 Å². The SMILES string of the molecule is CC[C@H](CO)NC(=O)c1ccnc(CN)c1. The summed E-state index contributed by atoms with van der Waals surface area (Å²) in [5.74, 6) is -0.210. The number of nitrogens with two attached hydrogens (primary N) is 1.